The Kier molecular flexibility index (Phi) is 1.70. The molecule has 0 aliphatic carbocycles. The molecule has 2 heterocycles. The molecule has 2 bridgehead atoms. The second-order valence-corrected chi connectivity index (χ2v) is 3.46. The molecule has 2 rings (SSSR count). The van der Waals surface area contributed by atoms with E-state index in [1.54, 1.807) is 7.11 Å². The van der Waals surface area contributed by atoms with E-state index in [1.165, 1.54) is 0 Å². The van der Waals surface area contributed by atoms with Gasteiger partial charge in [-0.25, -0.2) is 0 Å². The van der Waals surface area contributed by atoms with Crippen molar-refractivity contribution in [1.29, 1.82) is 0 Å². The summed E-state index contributed by atoms with van der Waals surface area (Å²) >= 11 is 0. The van der Waals surface area contributed by atoms with Crippen LogP contribution in [-0.4, -0.2) is 38.0 Å². The van der Waals surface area contributed by atoms with E-state index >= 15 is 0 Å². The van der Waals surface area contributed by atoms with Crippen LogP contribution in [0.3, 0.4) is 0 Å². The lowest BCUT2D eigenvalue weighted by Crippen LogP contribution is -2.57. The minimum absolute atomic E-state index is 0.0678. The standard InChI is InChI=1S/C8H14O4/c1-7(9-3)8(2)11-5-6(12-8)4-10-7/h6H,4-5H2,1-3H3/t6?,7-,8-/m1/s1. The minimum atomic E-state index is -0.778. The maximum absolute atomic E-state index is 5.62. The van der Waals surface area contributed by atoms with Crippen molar-refractivity contribution < 1.29 is 18.9 Å². The van der Waals surface area contributed by atoms with Gasteiger partial charge in [0.15, 0.2) is 0 Å². The van der Waals surface area contributed by atoms with Gasteiger partial charge in [-0.3, -0.25) is 0 Å². The summed E-state index contributed by atoms with van der Waals surface area (Å²) in [4.78, 5) is 0. The number of hydrogen-bond donors (Lipinski definition) is 0. The van der Waals surface area contributed by atoms with Crippen LogP contribution >= 0.6 is 0 Å². The van der Waals surface area contributed by atoms with Gasteiger partial charge < -0.3 is 18.9 Å². The lowest BCUT2D eigenvalue weighted by atomic mass is 10.1. The predicted molar refractivity (Wildman–Crippen MR) is 40.6 cm³/mol. The van der Waals surface area contributed by atoms with E-state index in [0.29, 0.717) is 13.2 Å². The van der Waals surface area contributed by atoms with E-state index in [4.69, 9.17) is 18.9 Å². The van der Waals surface area contributed by atoms with Gasteiger partial charge in [-0.2, -0.15) is 0 Å². The molecule has 70 valence electrons. The fraction of sp³-hybridized carbons (Fsp3) is 1.00. The molecule has 0 aromatic rings. The second-order valence-electron chi connectivity index (χ2n) is 3.46. The molecule has 2 saturated heterocycles. The topological polar surface area (TPSA) is 36.9 Å². The van der Waals surface area contributed by atoms with Crippen molar-refractivity contribution in [3.8, 4) is 0 Å². The van der Waals surface area contributed by atoms with Gasteiger partial charge in [0.2, 0.25) is 11.6 Å². The van der Waals surface area contributed by atoms with Crippen molar-refractivity contribution in [2.24, 2.45) is 0 Å². The normalized spacial score (nSPS) is 52.8. The zero-order chi connectivity index (χ0) is 8.82. The highest BCUT2D eigenvalue weighted by molar-refractivity contribution is 4.91. The first-order valence-electron chi connectivity index (χ1n) is 4.10. The van der Waals surface area contributed by atoms with Gasteiger partial charge in [-0.15, -0.1) is 0 Å². The Bertz CT molecular complexity index is 193. The Morgan fingerprint density at radius 1 is 1.25 bits per heavy atom. The van der Waals surface area contributed by atoms with Gasteiger partial charge in [-0.05, 0) is 13.8 Å². The predicted octanol–water partition coefficient (Wildman–Crippen LogP) is 0.511. The van der Waals surface area contributed by atoms with Gasteiger partial charge in [0.1, 0.15) is 6.10 Å². The highest BCUT2D eigenvalue weighted by Gasteiger charge is 2.57. The number of rotatable bonds is 1. The Balaban J connectivity index is 2.25. The molecule has 0 aromatic heterocycles. The van der Waals surface area contributed by atoms with E-state index in [0.717, 1.165) is 0 Å². The highest BCUT2D eigenvalue weighted by Crippen LogP contribution is 2.40. The van der Waals surface area contributed by atoms with Crippen molar-refractivity contribution >= 4 is 0 Å². The maximum Gasteiger partial charge on any atom is 0.220 e. The third-order valence-electron chi connectivity index (χ3n) is 2.70. The molecule has 0 aromatic carbocycles. The largest absolute Gasteiger partial charge is 0.349 e. The monoisotopic (exact) mass is 174 g/mol. The molecule has 4 nitrogen and oxygen atoms in total. The summed E-state index contributed by atoms with van der Waals surface area (Å²) in [6, 6.07) is 0. The Labute approximate surface area is 71.7 Å². The Morgan fingerprint density at radius 3 is 2.58 bits per heavy atom. The number of methoxy groups -OCH3 is 1. The summed E-state index contributed by atoms with van der Waals surface area (Å²) in [6.07, 6.45) is 0.0678. The Morgan fingerprint density at radius 2 is 1.92 bits per heavy atom. The van der Waals surface area contributed by atoms with Crippen molar-refractivity contribution in [3.05, 3.63) is 0 Å². The Hall–Kier alpha value is -0.160. The quantitative estimate of drug-likeness (QED) is 0.580. The van der Waals surface area contributed by atoms with E-state index in [1.807, 2.05) is 13.8 Å². The molecule has 2 aliphatic heterocycles. The summed E-state index contributed by atoms with van der Waals surface area (Å²) in [7, 11) is 1.59. The smallest absolute Gasteiger partial charge is 0.220 e. The molecule has 0 radical (unpaired) electrons. The van der Waals surface area contributed by atoms with Crippen LogP contribution < -0.4 is 0 Å². The van der Waals surface area contributed by atoms with Gasteiger partial charge in [0.05, 0.1) is 13.2 Å². The fourth-order valence-corrected chi connectivity index (χ4v) is 1.59. The molecular formula is C8H14O4. The first-order chi connectivity index (χ1) is 5.60. The van der Waals surface area contributed by atoms with Crippen LogP contribution in [0.4, 0.5) is 0 Å². The number of hydrogen-bond acceptors (Lipinski definition) is 4. The first-order valence-corrected chi connectivity index (χ1v) is 4.10. The van der Waals surface area contributed by atoms with Gasteiger partial charge in [0, 0.05) is 7.11 Å². The van der Waals surface area contributed by atoms with Crippen LogP contribution in [-0.2, 0) is 18.9 Å². The maximum atomic E-state index is 5.62. The van der Waals surface area contributed by atoms with Crippen LogP contribution in [0.2, 0.25) is 0 Å². The molecule has 2 fully saturated rings. The number of fused-ring (bicyclic) bond motifs is 2. The van der Waals surface area contributed by atoms with E-state index in [9.17, 15) is 0 Å². The molecule has 2 aliphatic rings. The van der Waals surface area contributed by atoms with E-state index in [-0.39, 0.29) is 6.10 Å². The van der Waals surface area contributed by atoms with Crippen LogP contribution in [0, 0.1) is 0 Å². The van der Waals surface area contributed by atoms with Gasteiger partial charge >= 0.3 is 0 Å². The highest BCUT2D eigenvalue weighted by atomic mass is 16.8. The average Bonchev–Trinajstić information content (AvgIpc) is 2.40. The fourth-order valence-electron chi connectivity index (χ4n) is 1.59. The summed E-state index contributed by atoms with van der Waals surface area (Å²) < 4.78 is 21.9. The SMILES string of the molecule is CO[C@]1(C)OCC2CO[C@]1(C)O2. The summed E-state index contributed by atoms with van der Waals surface area (Å²) in [5.74, 6) is -1.52. The van der Waals surface area contributed by atoms with Crippen LogP contribution in [0.1, 0.15) is 13.8 Å². The van der Waals surface area contributed by atoms with Crippen molar-refractivity contribution in [2.45, 2.75) is 31.5 Å². The van der Waals surface area contributed by atoms with E-state index < -0.39 is 11.6 Å². The zero-order valence-electron chi connectivity index (χ0n) is 7.62. The summed E-state index contributed by atoms with van der Waals surface area (Å²) in [5.41, 5.74) is 0. The molecule has 0 spiro atoms. The average molecular weight is 174 g/mol. The van der Waals surface area contributed by atoms with Gasteiger partial charge in [0.25, 0.3) is 0 Å². The summed E-state index contributed by atoms with van der Waals surface area (Å²) in [6.45, 7) is 4.81. The molecule has 0 amide bonds. The van der Waals surface area contributed by atoms with E-state index in [2.05, 4.69) is 0 Å². The molecule has 1 unspecified atom stereocenters. The molecular weight excluding hydrogens is 160 g/mol. The number of ether oxygens (including phenoxy) is 4. The molecule has 12 heavy (non-hydrogen) atoms. The first kappa shape index (κ1) is 8.44. The second kappa shape index (κ2) is 2.42. The van der Waals surface area contributed by atoms with Crippen molar-refractivity contribution in [1.82, 2.24) is 0 Å². The van der Waals surface area contributed by atoms with Crippen LogP contribution in [0.15, 0.2) is 0 Å². The van der Waals surface area contributed by atoms with Crippen molar-refractivity contribution in [2.75, 3.05) is 20.3 Å². The van der Waals surface area contributed by atoms with Crippen molar-refractivity contribution in [3.63, 3.8) is 0 Å². The van der Waals surface area contributed by atoms with Gasteiger partial charge in [-0.1, -0.05) is 0 Å². The zero-order valence-corrected chi connectivity index (χ0v) is 7.62. The third kappa shape index (κ3) is 0.925. The third-order valence-corrected chi connectivity index (χ3v) is 2.70. The summed E-state index contributed by atoms with van der Waals surface area (Å²) in [5, 5.41) is 0. The molecule has 0 saturated carbocycles. The lowest BCUT2D eigenvalue weighted by molar-refractivity contribution is -0.390. The molecule has 3 atom stereocenters. The lowest BCUT2D eigenvalue weighted by Gasteiger charge is -2.43. The van der Waals surface area contributed by atoms with Crippen LogP contribution in [0.5, 0.6) is 0 Å². The molecule has 0 N–H and O–H groups in total. The van der Waals surface area contributed by atoms with Crippen LogP contribution in [0.25, 0.3) is 0 Å². The minimum Gasteiger partial charge on any atom is -0.349 e. The molecule has 4 heteroatoms.